The predicted octanol–water partition coefficient (Wildman–Crippen LogP) is 1.65. The zero-order chi connectivity index (χ0) is 5.98. The van der Waals surface area contributed by atoms with Crippen LogP contribution >= 0.6 is 11.6 Å². The molecule has 0 bridgehead atoms. The first-order valence-electron chi connectivity index (χ1n) is 3.06. The summed E-state index contributed by atoms with van der Waals surface area (Å²) in [5.41, 5.74) is 0. The summed E-state index contributed by atoms with van der Waals surface area (Å²) in [5.74, 6) is 1.40. The third kappa shape index (κ3) is 0.981. The fraction of sp³-hybridized carbons (Fsp3) is 1.00. The molecule has 0 aromatic heterocycles. The molecule has 0 aliphatic carbocycles. The van der Waals surface area contributed by atoms with Gasteiger partial charge in [-0.25, -0.2) is 0 Å². The van der Waals surface area contributed by atoms with Gasteiger partial charge in [0.05, 0.1) is 12.7 Å². The zero-order valence-electron chi connectivity index (χ0n) is 5.06. The van der Waals surface area contributed by atoms with Gasteiger partial charge in [0.15, 0.2) is 0 Å². The Hall–Kier alpha value is 0.250. The van der Waals surface area contributed by atoms with Crippen molar-refractivity contribution in [3.63, 3.8) is 0 Å². The summed E-state index contributed by atoms with van der Waals surface area (Å²) in [6.45, 7) is 3.01. The molecular formula is C6H11ClO. The van der Waals surface area contributed by atoms with Crippen LogP contribution in [-0.2, 0) is 4.74 Å². The van der Waals surface area contributed by atoms with E-state index in [2.05, 4.69) is 6.92 Å². The Labute approximate surface area is 55.0 Å². The number of hydrogen-bond donors (Lipinski definition) is 0. The molecule has 1 heterocycles. The van der Waals surface area contributed by atoms with E-state index >= 15 is 0 Å². The van der Waals surface area contributed by atoms with Gasteiger partial charge in [0, 0.05) is 11.8 Å². The highest BCUT2D eigenvalue weighted by atomic mass is 35.5. The van der Waals surface area contributed by atoms with E-state index in [4.69, 9.17) is 16.3 Å². The Kier molecular flexibility index (Phi) is 2.15. The maximum absolute atomic E-state index is 5.60. The molecule has 1 aliphatic rings. The maximum Gasteiger partial charge on any atom is 0.0634 e. The zero-order valence-corrected chi connectivity index (χ0v) is 5.82. The van der Waals surface area contributed by atoms with Crippen LogP contribution in [0.15, 0.2) is 0 Å². The molecule has 1 rings (SSSR count). The topological polar surface area (TPSA) is 9.23 Å². The average Bonchev–Trinajstić information content (AvgIpc) is 1.66. The molecule has 0 N–H and O–H groups in total. The second kappa shape index (κ2) is 2.70. The van der Waals surface area contributed by atoms with Gasteiger partial charge in [-0.05, 0) is 6.42 Å². The van der Waals surface area contributed by atoms with Gasteiger partial charge in [-0.2, -0.15) is 0 Å². The van der Waals surface area contributed by atoms with Gasteiger partial charge in [0.2, 0.25) is 0 Å². The highest BCUT2D eigenvalue weighted by Crippen LogP contribution is 2.23. The lowest BCUT2D eigenvalue weighted by atomic mass is 9.98. The molecule has 1 aliphatic heterocycles. The molecule has 8 heavy (non-hydrogen) atoms. The smallest absolute Gasteiger partial charge is 0.0634 e. The Morgan fingerprint density at radius 1 is 1.75 bits per heavy atom. The first-order chi connectivity index (χ1) is 3.88. The highest BCUT2D eigenvalue weighted by Gasteiger charge is 2.28. The Morgan fingerprint density at radius 2 is 2.50 bits per heavy atom. The summed E-state index contributed by atoms with van der Waals surface area (Å²) in [6, 6.07) is 0. The van der Waals surface area contributed by atoms with E-state index in [1.54, 1.807) is 0 Å². The average molecular weight is 135 g/mol. The molecule has 0 aromatic rings. The summed E-state index contributed by atoms with van der Waals surface area (Å²) in [4.78, 5) is 0. The molecule has 48 valence electrons. The largest absolute Gasteiger partial charge is 0.377 e. The SMILES string of the molecule is CCC1OCC1CCl. The highest BCUT2D eigenvalue weighted by molar-refractivity contribution is 6.18. The van der Waals surface area contributed by atoms with Crippen LogP contribution in [0.3, 0.4) is 0 Å². The first kappa shape index (κ1) is 6.37. The monoisotopic (exact) mass is 134 g/mol. The summed E-state index contributed by atoms with van der Waals surface area (Å²) in [6.07, 6.45) is 1.57. The number of alkyl halides is 1. The van der Waals surface area contributed by atoms with E-state index in [-0.39, 0.29) is 0 Å². The van der Waals surface area contributed by atoms with Crippen LogP contribution in [0.4, 0.5) is 0 Å². The number of rotatable bonds is 2. The molecule has 2 atom stereocenters. The quantitative estimate of drug-likeness (QED) is 0.522. The Bertz CT molecular complexity index is 60.9. The molecule has 0 aromatic carbocycles. The van der Waals surface area contributed by atoms with Crippen LogP contribution in [0.1, 0.15) is 13.3 Å². The number of hydrogen-bond acceptors (Lipinski definition) is 1. The molecular weight excluding hydrogens is 124 g/mol. The molecule has 1 nitrogen and oxygen atoms in total. The van der Waals surface area contributed by atoms with Crippen LogP contribution in [0, 0.1) is 5.92 Å². The van der Waals surface area contributed by atoms with E-state index in [0.717, 1.165) is 18.9 Å². The van der Waals surface area contributed by atoms with Gasteiger partial charge in [-0.1, -0.05) is 6.92 Å². The molecule has 1 saturated heterocycles. The van der Waals surface area contributed by atoms with E-state index < -0.39 is 0 Å². The molecule has 1 fully saturated rings. The lowest BCUT2D eigenvalue weighted by Gasteiger charge is -2.34. The van der Waals surface area contributed by atoms with E-state index in [1.807, 2.05) is 0 Å². The van der Waals surface area contributed by atoms with Crippen molar-refractivity contribution in [3.8, 4) is 0 Å². The first-order valence-corrected chi connectivity index (χ1v) is 3.59. The number of halogens is 1. The fourth-order valence-corrected chi connectivity index (χ4v) is 1.25. The minimum absolute atomic E-state index is 0.465. The summed E-state index contributed by atoms with van der Waals surface area (Å²) < 4.78 is 5.20. The van der Waals surface area contributed by atoms with Gasteiger partial charge < -0.3 is 4.74 Å². The minimum atomic E-state index is 0.465. The lowest BCUT2D eigenvalue weighted by molar-refractivity contribution is -0.105. The van der Waals surface area contributed by atoms with Crippen molar-refractivity contribution in [3.05, 3.63) is 0 Å². The summed E-state index contributed by atoms with van der Waals surface area (Å²) in [5, 5.41) is 0. The van der Waals surface area contributed by atoms with Crippen molar-refractivity contribution in [1.29, 1.82) is 0 Å². The van der Waals surface area contributed by atoms with Crippen molar-refractivity contribution in [2.75, 3.05) is 12.5 Å². The number of ether oxygens (including phenoxy) is 1. The molecule has 0 amide bonds. The van der Waals surface area contributed by atoms with Gasteiger partial charge in [-0.3, -0.25) is 0 Å². The van der Waals surface area contributed by atoms with Crippen molar-refractivity contribution in [1.82, 2.24) is 0 Å². The van der Waals surface area contributed by atoms with Crippen LogP contribution in [0.5, 0.6) is 0 Å². The fourth-order valence-electron chi connectivity index (χ4n) is 0.963. The van der Waals surface area contributed by atoms with Gasteiger partial charge in [-0.15, -0.1) is 11.6 Å². The van der Waals surface area contributed by atoms with E-state index in [1.165, 1.54) is 0 Å². The summed E-state index contributed by atoms with van der Waals surface area (Å²) in [7, 11) is 0. The normalized spacial score (nSPS) is 36.8. The molecule has 0 spiro atoms. The molecule has 2 unspecified atom stereocenters. The molecule has 0 radical (unpaired) electrons. The van der Waals surface area contributed by atoms with Crippen LogP contribution < -0.4 is 0 Å². The van der Waals surface area contributed by atoms with E-state index in [0.29, 0.717) is 12.0 Å². The van der Waals surface area contributed by atoms with Crippen LogP contribution in [-0.4, -0.2) is 18.6 Å². The van der Waals surface area contributed by atoms with E-state index in [9.17, 15) is 0 Å². The van der Waals surface area contributed by atoms with Crippen molar-refractivity contribution >= 4 is 11.6 Å². The van der Waals surface area contributed by atoms with Crippen LogP contribution in [0.2, 0.25) is 0 Å². The molecule has 2 heteroatoms. The van der Waals surface area contributed by atoms with Crippen molar-refractivity contribution < 1.29 is 4.74 Å². The van der Waals surface area contributed by atoms with Crippen molar-refractivity contribution in [2.45, 2.75) is 19.4 Å². The second-order valence-corrected chi connectivity index (χ2v) is 2.50. The standard InChI is InChI=1S/C6H11ClO/c1-2-6-5(3-7)4-8-6/h5-6H,2-4H2,1H3. The minimum Gasteiger partial charge on any atom is -0.377 e. The van der Waals surface area contributed by atoms with Gasteiger partial charge in [0.25, 0.3) is 0 Å². The summed E-state index contributed by atoms with van der Waals surface area (Å²) >= 11 is 5.60. The Morgan fingerprint density at radius 3 is 2.62 bits per heavy atom. The van der Waals surface area contributed by atoms with Crippen molar-refractivity contribution in [2.24, 2.45) is 5.92 Å². The van der Waals surface area contributed by atoms with Gasteiger partial charge in [0.1, 0.15) is 0 Å². The third-order valence-corrected chi connectivity index (χ3v) is 2.05. The predicted molar refractivity (Wildman–Crippen MR) is 34.2 cm³/mol. The molecule has 0 saturated carbocycles. The third-order valence-electron chi connectivity index (χ3n) is 1.65. The lowest BCUT2D eigenvalue weighted by Crippen LogP contribution is -2.40. The Balaban J connectivity index is 2.16. The van der Waals surface area contributed by atoms with Crippen LogP contribution in [0.25, 0.3) is 0 Å². The van der Waals surface area contributed by atoms with Gasteiger partial charge >= 0.3 is 0 Å². The second-order valence-electron chi connectivity index (χ2n) is 2.19. The maximum atomic E-state index is 5.60.